The van der Waals surface area contributed by atoms with Crippen molar-refractivity contribution in [3.63, 3.8) is 0 Å². The van der Waals surface area contributed by atoms with Gasteiger partial charge in [0.25, 0.3) is 0 Å². The lowest BCUT2D eigenvalue weighted by molar-refractivity contribution is 0.0527. The van der Waals surface area contributed by atoms with E-state index in [2.05, 4.69) is 27.8 Å². The van der Waals surface area contributed by atoms with Gasteiger partial charge in [0.2, 0.25) is 0 Å². The van der Waals surface area contributed by atoms with Gasteiger partial charge in [0.1, 0.15) is 5.60 Å². The number of amides is 1. The van der Waals surface area contributed by atoms with Gasteiger partial charge in [-0.2, -0.15) is 0 Å². The highest BCUT2D eigenvalue weighted by molar-refractivity contribution is 14.0. The summed E-state index contributed by atoms with van der Waals surface area (Å²) < 4.78 is 5.16. The SMILES string of the molecule is CC(C)(C)OC(=O)NCCCN=C(N)Nc1ccc2c(c1)CCC2.I. The molecule has 0 saturated carbocycles. The Morgan fingerprint density at radius 1 is 1.28 bits per heavy atom. The second-order valence-corrected chi connectivity index (χ2v) is 7.01. The van der Waals surface area contributed by atoms with Gasteiger partial charge >= 0.3 is 6.09 Å². The molecule has 0 heterocycles. The van der Waals surface area contributed by atoms with E-state index in [1.165, 1.54) is 24.0 Å². The largest absolute Gasteiger partial charge is 0.444 e. The molecular weight excluding hydrogens is 431 g/mol. The topological polar surface area (TPSA) is 88.7 Å². The van der Waals surface area contributed by atoms with Crippen molar-refractivity contribution >= 4 is 41.7 Å². The highest BCUT2D eigenvalue weighted by Gasteiger charge is 2.15. The van der Waals surface area contributed by atoms with E-state index in [9.17, 15) is 4.79 Å². The minimum absolute atomic E-state index is 0. The van der Waals surface area contributed by atoms with Crippen molar-refractivity contribution in [1.82, 2.24) is 5.32 Å². The number of nitrogens with zero attached hydrogens (tertiary/aromatic N) is 1. The highest BCUT2D eigenvalue weighted by atomic mass is 127. The number of carbonyl (C=O) groups excluding carboxylic acids is 1. The van der Waals surface area contributed by atoms with Crippen LogP contribution in [0.15, 0.2) is 23.2 Å². The maximum atomic E-state index is 11.5. The zero-order valence-corrected chi connectivity index (χ0v) is 17.6. The summed E-state index contributed by atoms with van der Waals surface area (Å²) in [6.07, 6.45) is 3.83. The first-order valence-corrected chi connectivity index (χ1v) is 8.49. The number of aryl methyl sites for hydroxylation is 2. The monoisotopic (exact) mass is 460 g/mol. The molecule has 0 atom stereocenters. The first-order valence-electron chi connectivity index (χ1n) is 8.49. The molecule has 0 aliphatic heterocycles. The lowest BCUT2D eigenvalue weighted by atomic mass is 10.1. The van der Waals surface area contributed by atoms with Gasteiger partial charge in [-0.15, -0.1) is 24.0 Å². The molecule has 0 bridgehead atoms. The molecule has 25 heavy (non-hydrogen) atoms. The van der Waals surface area contributed by atoms with Crippen LogP contribution in [-0.4, -0.2) is 30.7 Å². The molecule has 1 amide bonds. The van der Waals surface area contributed by atoms with E-state index in [0.717, 1.165) is 12.1 Å². The smallest absolute Gasteiger partial charge is 0.407 e. The van der Waals surface area contributed by atoms with Crippen LogP contribution in [0.25, 0.3) is 0 Å². The van der Waals surface area contributed by atoms with Crippen molar-refractivity contribution in [2.24, 2.45) is 10.7 Å². The Morgan fingerprint density at radius 3 is 2.72 bits per heavy atom. The molecular formula is C18H29IN4O2. The number of rotatable bonds is 5. The Morgan fingerprint density at radius 2 is 2.00 bits per heavy atom. The van der Waals surface area contributed by atoms with Gasteiger partial charge in [-0.3, -0.25) is 4.99 Å². The number of nitrogens with two attached hydrogens (primary N) is 1. The minimum Gasteiger partial charge on any atom is -0.444 e. The van der Waals surface area contributed by atoms with E-state index >= 15 is 0 Å². The summed E-state index contributed by atoms with van der Waals surface area (Å²) in [5.41, 5.74) is 9.23. The lowest BCUT2D eigenvalue weighted by Gasteiger charge is -2.19. The predicted octanol–water partition coefficient (Wildman–Crippen LogP) is 3.43. The maximum absolute atomic E-state index is 11.5. The van der Waals surface area contributed by atoms with Crippen LogP contribution < -0.4 is 16.4 Å². The summed E-state index contributed by atoms with van der Waals surface area (Å²) in [5.74, 6) is 0.394. The van der Waals surface area contributed by atoms with Crippen molar-refractivity contribution < 1.29 is 9.53 Å². The fraction of sp³-hybridized carbons (Fsp3) is 0.556. The number of carbonyl (C=O) groups is 1. The average molecular weight is 460 g/mol. The number of alkyl carbamates (subject to hydrolysis) is 1. The number of guanidine groups is 1. The molecule has 4 N–H and O–H groups in total. The zero-order chi connectivity index (χ0) is 17.6. The summed E-state index contributed by atoms with van der Waals surface area (Å²) >= 11 is 0. The second kappa shape index (κ2) is 9.84. The van der Waals surface area contributed by atoms with Crippen LogP contribution in [-0.2, 0) is 17.6 Å². The van der Waals surface area contributed by atoms with Crippen molar-refractivity contribution in [3.8, 4) is 0 Å². The van der Waals surface area contributed by atoms with Gasteiger partial charge in [-0.05, 0) is 69.7 Å². The number of ether oxygens (including phenoxy) is 1. The van der Waals surface area contributed by atoms with Gasteiger partial charge in [0.15, 0.2) is 5.96 Å². The fourth-order valence-electron chi connectivity index (χ4n) is 2.62. The van der Waals surface area contributed by atoms with Crippen molar-refractivity contribution in [2.75, 3.05) is 18.4 Å². The van der Waals surface area contributed by atoms with Gasteiger partial charge < -0.3 is 21.1 Å². The second-order valence-electron chi connectivity index (χ2n) is 7.01. The molecule has 6 nitrogen and oxygen atoms in total. The molecule has 1 aromatic rings. The molecule has 1 aliphatic rings. The Labute approximate surface area is 167 Å². The quantitative estimate of drug-likeness (QED) is 0.272. The number of hydrogen-bond donors (Lipinski definition) is 3. The van der Waals surface area contributed by atoms with Gasteiger partial charge in [-0.25, -0.2) is 4.79 Å². The first-order chi connectivity index (χ1) is 11.3. The van der Waals surface area contributed by atoms with Crippen molar-refractivity contribution in [3.05, 3.63) is 29.3 Å². The predicted molar refractivity (Wildman–Crippen MR) is 113 cm³/mol. The molecule has 0 unspecified atom stereocenters. The van der Waals surface area contributed by atoms with Crippen molar-refractivity contribution in [2.45, 2.75) is 52.1 Å². The third-order valence-corrected chi connectivity index (χ3v) is 3.66. The van der Waals surface area contributed by atoms with Crippen LogP contribution in [0.4, 0.5) is 10.5 Å². The summed E-state index contributed by atoms with van der Waals surface area (Å²) in [7, 11) is 0. The number of benzene rings is 1. The number of hydrogen-bond acceptors (Lipinski definition) is 3. The Hall–Kier alpha value is -1.51. The molecule has 1 aromatic carbocycles. The molecule has 2 rings (SSSR count). The van der Waals surface area contributed by atoms with E-state index in [4.69, 9.17) is 10.5 Å². The third kappa shape index (κ3) is 7.94. The van der Waals surface area contributed by atoms with Gasteiger partial charge in [-0.1, -0.05) is 6.07 Å². The van der Waals surface area contributed by atoms with E-state index in [0.29, 0.717) is 25.5 Å². The van der Waals surface area contributed by atoms with Crippen LogP contribution in [0, 0.1) is 0 Å². The molecule has 140 valence electrons. The van der Waals surface area contributed by atoms with E-state index in [1.807, 2.05) is 26.8 Å². The fourth-order valence-corrected chi connectivity index (χ4v) is 2.62. The molecule has 1 aliphatic carbocycles. The Bertz CT molecular complexity index is 612. The summed E-state index contributed by atoms with van der Waals surface area (Å²) in [6, 6.07) is 6.34. The van der Waals surface area contributed by atoms with Crippen LogP contribution in [0.1, 0.15) is 44.7 Å². The Balaban J connectivity index is 0.00000312. The number of aliphatic imine (C=N–C) groups is 1. The molecule has 0 spiro atoms. The third-order valence-electron chi connectivity index (χ3n) is 3.66. The zero-order valence-electron chi connectivity index (χ0n) is 15.2. The van der Waals surface area contributed by atoms with Crippen LogP contribution in [0.2, 0.25) is 0 Å². The van der Waals surface area contributed by atoms with E-state index in [-0.39, 0.29) is 24.0 Å². The summed E-state index contributed by atoms with van der Waals surface area (Å²) in [4.78, 5) is 15.8. The lowest BCUT2D eigenvalue weighted by Crippen LogP contribution is -2.33. The standard InChI is InChI=1S/C18H28N4O2.HI/c1-18(2,3)24-17(23)21-11-5-10-20-16(19)22-15-9-8-13-6-4-7-14(13)12-15;/h8-9,12H,4-7,10-11H2,1-3H3,(H,21,23)(H3,19,20,22);1H. The summed E-state index contributed by atoms with van der Waals surface area (Å²) in [5, 5.41) is 5.82. The van der Waals surface area contributed by atoms with Crippen LogP contribution in [0.5, 0.6) is 0 Å². The minimum atomic E-state index is -0.480. The highest BCUT2D eigenvalue weighted by Crippen LogP contribution is 2.24. The van der Waals surface area contributed by atoms with E-state index < -0.39 is 11.7 Å². The van der Waals surface area contributed by atoms with Crippen LogP contribution in [0.3, 0.4) is 0 Å². The molecule has 7 heteroatoms. The number of halogens is 1. The number of anilines is 1. The molecule has 0 fully saturated rings. The van der Waals surface area contributed by atoms with Gasteiger partial charge in [0, 0.05) is 18.8 Å². The van der Waals surface area contributed by atoms with Crippen LogP contribution >= 0.6 is 24.0 Å². The van der Waals surface area contributed by atoms with Gasteiger partial charge in [0.05, 0.1) is 0 Å². The molecule has 0 radical (unpaired) electrons. The normalized spacial score (nSPS) is 13.6. The number of nitrogens with one attached hydrogen (secondary N) is 2. The Kier molecular flexibility index (Phi) is 8.47. The maximum Gasteiger partial charge on any atom is 0.407 e. The average Bonchev–Trinajstić information content (AvgIpc) is 2.92. The first kappa shape index (κ1) is 21.5. The van der Waals surface area contributed by atoms with E-state index in [1.54, 1.807) is 0 Å². The number of fused-ring (bicyclic) bond motifs is 1. The molecule has 0 aromatic heterocycles. The van der Waals surface area contributed by atoms with Crippen molar-refractivity contribution in [1.29, 1.82) is 0 Å². The summed E-state index contributed by atoms with van der Waals surface area (Å²) in [6.45, 7) is 6.55. The molecule has 0 saturated heterocycles.